The van der Waals surface area contributed by atoms with Crippen molar-refractivity contribution in [1.29, 1.82) is 0 Å². The molecular weight excluding hydrogens is 1340 g/mol. The van der Waals surface area contributed by atoms with Crippen LogP contribution in [0.25, 0.3) is 0 Å². The number of benzene rings is 8. The van der Waals surface area contributed by atoms with Gasteiger partial charge in [-0.1, -0.05) is 80.4 Å². The molecule has 1 atom stereocenters. The molecule has 8 aromatic carbocycles. The number of unbranched alkanes of at least 4 members (excludes halogenated alkanes) is 1. The van der Waals surface area contributed by atoms with E-state index < -0.39 is 59.0 Å². The summed E-state index contributed by atoms with van der Waals surface area (Å²) in [5, 5.41) is 16.8. The Morgan fingerprint density at radius 2 is 0.733 bits per heavy atom. The quantitative estimate of drug-likeness (QED) is 0.0151. The van der Waals surface area contributed by atoms with Gasteiger partial charge in [0.1, 0.15) is 58.9 Å². The molecule has 0 aliphatic rings. The summed E-state index contributed by atoms with van der Waals surface area (Å²) in [5.41, 5.74) is 5.03. The molecule has 0 radical (unpaired) electrons. The number of nitrogens with one attached hydrogen (secondary N) is 6. The summed E-state index contributed by atoms with van der Waals surface area (Å²) < 4.78 is 56.0. The highest BCUT2D eigenvalue weighted by Crippen LogP contribution is 2.36. The van der Waals surface area contributed by atoms with Crippen molar-refractivity contribution in [3.05, 3.63) is 214 Å². The molecule has 0 bridgehead atoms. The smallest absolute Gasteiger partial charge is 0.412 e. The summed E-state index contributed by atoms with van der Waals surface area (Å²) in [6, 6.07) is 45.1. The van der Waals surface area contributed by atoms with Crippen LogP contribution in [-0.4, -0.2) is 99.1 Å². The zero-order valence-corrected chi connectivity index (χ0v) is 61.8. The van der Waals surface area contributed by atoms with Crippen molar-refractivity contribution < 1.29 is 85.7 Å². The van der Waals surface area contributed by atoms with Crippen molar-refractivity contribution in [2.24, 2.45) is 0 Å². The number of anilines is 6. The highest BCUT2D eigenvalue weighted by Gasteiger charge is 2.25. The number of hydrogen-bond acceptors (Lipinski definition) is 18. The fourth-order valence-electron chi connectivity index (χ4n) is 9.60. The molecule has 0 heterocycles. The average molecular weight is 1440 g/mol. The predicted octanol–water partition coefficient (Wildman–Crippen LogP) is 17.3. The summed E-state index contributed by atoms with van der Waals surface area (Å²) in [5.74, 6) is -1.31. The number of esters is 2. The lowest BCUT2D eigenvalue weighted by molar-refractivity contribution is 0.0591. The average Bonchev–Trinajstić information content (AvgIpc) is 0.823. The molecular formula is C81H92N6O18. The number of ether oxygens (including phenoxy) is 10. The largest absolute Gasteiger partial charge is 0.495 e. The molecule has 0 spiro atoms. The molecule has 0 aliphatic carbocycles. The first-order valence-electron chi connectivity index (χ1n) is 34.1. The highest BCUT2D eigenvalue weighted by molar-refractivity contribution is 6.10. The molecule has 0 fully saturated rings. The first kappa shape index (κ1) is 80.2. The molecule has 554 valence electrons. The maximum Gasteiger partial charge on any atom is 0.412 e. The Morgan fingerprint density at radius 3 is 1.12 bits per heavy atom. The zero-order chi connectivity index (χ0) is 76.5. The first-order valence-corrected chi connectivity index (χ1v) is 34.1. The van der Waals surface area contributed by atoms with Crippen LogP contribution >= 0.6 is 0 Å². The Morgan fingerprint density at radius 1 is 0.390 bits per heavy atom. The SMILES string of the molecule is CCCCOc1cc(C(=O)Nc2ccc(C(=O)OC)cc2OC)ccc1NC(=O)c1ccc(NC(=O)OC(C)(C)C)c(OC(C)CC)c1.COC(=O)c1ccc(NC(=O)c2ccc(NC(=O)c3ccc(NC(=O)OC(C)(C)C)c(OCc4ccccc4)c3)c(OC(C)C)c2)c(OCc2ccc(C)cc2)c1. The predicted molar refractivity (Wildman–Crippen MR) is 402 cm³/mol. The lowest BCUT2D eigenvalue weighted by Crippen LogP contribution is -2.27. The van der Waals surface area contributed by atoms with Gasteiger partial charge in [-0.25, -0.2) is 19.2 Å². The highest BCUT2D eigenvalue weighted by atomic mass is 16.6. The third-order valence-corrected chi connectivity index (χ3v) is 15.0. The molecule has 6 N–H and O–H groups in total. The van der Waals surface area contributed by atoms with Crippen LogP contribution in [0.5, 0.6) is 34.5 Å². The normalized spacial score (nSPS) is 11.2. The molecule has 8 rings (SSSR count). The lowest BCUT2D eigenvalue weighted by Gasteiger charge is -2.21. The van der Waals surface area contributed by atoms with Crippen LogP contribution in [0.15, 0.2) is 164 Å². The Kier molecular flexibility index (Phi) is 28.8. The number of methoxy groups -OCH3 is 3. The third kappa shape index (κ3) is 24.9. The van der Waals surface area contributed by atoms with E-state index in [2.05, 4.69) is 31.9 Å². The van der Waals surface area contributed by atoms with E-state index in [0.717, 1.165) is 29.5 Å². The topological polar surface area (TPSA) is 301 Å². The maximum atomic E-state index is 13.7. The summed E-state index contributed by atoms with van der Waals surface area (Å²) in [6.45, 7) is 22.8. The van der Waals surface area contributed by atoms with Crippen LogP contribution in [0.3, 0.4) is 0 Å². The van der Waals surface area contributed by atoms with Gasteiger partial charge in [0, 0.05) is 22.3 Å². The summed E-state index contributed by atoms with van der Waals surface area (Å²) >= 11 is 0. The van der Waals surface area contributed by atoms with Crippen molar-refractivity contribution in [2.45, 2.75) is 139 Å². The van der Waals surface area contributed by atoms with Gasteiger partial charge >= 0.3 is 24.1 Å². The van der Waals surface area contributed by atoms with Gasteiger partial charge < -0.3 is 68.6 Å². The van der Waals surface area contributed by atoms with E-state index in [4.69, 9.17) is 47.4 Å². The minimum Gasteiger partial charge on any atom is -0.495 e. The summed E-state index contributed by atoms with van der Waals surface area (Å²) in [4.78, 5) is 103. The monoisotopic (exact) mass is 1440 g/mol. The Labute approximate surface area is 612 Å². The van der Waals surface area contributed by atoms with Gasteiger partial charge in [-0.15, -0.1) is 0 Å². The van der Waals surface area contributed by atoms with Crippen LogP contribution in [0.1, 0.15) is 174 Å². The number of carbonyl (C=O) groups excluding carboxylic acids is 8. The number of rotatable bonds is 28. The summed E-state index contributed by atoms with van der Waals surface area (Å²) in [7, 11) is 3.99. The fraction of sp³-hybridized carbons (Fsp3) is 0.309. The third-order valence-electron chi connectivity index (χ3n) is 15.0. The van der Waals surface area contributed by atoms with Gasteiger partial charge in [0.05, 0.1) is 85.4 Å². The number of amides is 6. The van der Waals surface area contributed by atoms with E-state index in [0.29, 0.717) is 58.7 Å². The van der Waals surface area contributed by atoms with Crippen LogP contribution in [0, 0.1) is 6.92 Å². The second kappa shape index (κ2) is 37.7. The molecule has 0 aromatic heterocycles. The first-order chi connectivity index (χ1) is 49.9. The minimum absolute atomic E-state index is 0.181. The fourth-order valence-corrected chi connectivity index (χ4v) is 9.60. The van der Waals surface area contributed by atoms with E-state index in [1.165, 1.54) is 57.7 Å². The van der Waals surface area contributed by atoms with Gasteiger partial charge in [-0.2, -0.15) is 0 Å². The Hall–Kier alpha value is -12.1. The molecule has 6 amide bonds. The molecule has 0 aliphatic heterocycles. The molecule has 105 heavy (non-hydrogen) atoms. The van der Waals surface area contributed by atoms with Crippen LogP contribution in [0.4, 0.5) is 43.7 Å². The zero-order valence-electron chi connectivity index (χ0n) is 61.8. The van der Waals surface area contributed by atoms with E-state index in [1.807, 2.05) is 96.1 Å². The van der Waals surface area contributed by atoms with Crippen molar-refractivity contribution in [1.82, 2.24) is 0 Å². The van der Waals surface area contributed by atoms with Gasteiger partial charge in [0.25, 0.3) is 23.6 Å². The molecule has 0 saturated heterocycles. The molecule has 1 unspecified atom stereocenters. The van der Waals surface area contributed by atoms with E-state index in [9.17, 15) is 38.4 Å². The second-order valence-electron chi connectivity index (χ2n) is 26.3. The lowest BCUT2D eigenvalue weighted by atomic mass is 10.1. The van der Waals surface area contributed by atoms with Crippen molar-refractivity contribution in [3.8, 4) is 34.5 Å². The van der Waals surface area contributed by atoms with Gasteiger partial charge in [-0.3, -0.25) is 29.8 Å². The van der Waals surface area contributed by atoms with Gasteiger partial charge in [-0.05, 0) is 202 Å². The molecule has 0 saturated carbocycles. The van der Waals surface area contributed by atoms with Gasteiger partial charge in [0.15, 0.2) is 0 Å². The van der Waals surface area contributed by atoms with Gasteiger partial charge in [0.2, 0.25) is 0 Å². The van der Waals surface area contributed by atoms with Crippen LogP contribution < -0.4 is 60.3 Å². The minimum atomic E-state index is -0.725. The van der Waals surface area contributed by atoms with Crippen molar-refractivity contribution in [3.63, 3.8) is 0 Å². The molecule has 24 nitrogen and oxygen atoms in total. The van der Waals surface area contributed by atoms with Crippen LogP contribution in [0.2, 0.25) is 0 Å². The maximum absolute atomic E-state index is 13.7. The second-order valence-corrected chi connectivity index (χ2v) is 26.3. The van der Waals surface area contributed by atoms with E-state index >= 15 is 0 Å². The van der Waals surface area contributed by atoms with E-state index in [1.54, 1.807) is 114 Å². The Balaban J connectivity index is 0.000000298. The number of aryl methyl sites for hydroxylation is 1. The van der Waals surface area contributed by atoms with Crippen molar-refractivity contribution in [2.75, 3.05) is 59.8 Å². The molecule has 24 heteroatoms. The number of hydrogen-bond donors (Lipinski definition) is 6. The van der Waals surface area contributed by atoms with Crippen molar-refractivity contribution >= 4 is 81.9 Å². The van der Waals surface area contributed by atoms with E-state index in [-0.39, 0.29) is 81.8 Å². The summed E-state index contributed by atoms with van der Waals surface area (Å²) in [6.07, 6.45) is 0.526. The number of carbonyl (C=O) groups is 8. The molecule has 8 aromatic rings. The standard InChI is InChI=1S/C45H47N3O9.C36H45N3O9/c1-28(2)56-40-24-33(42(50)46-35-22-19-34(43(51)53-7)25-39(35)55-27-31-15-13-29(3)14-16-31)18-21-37(40)47-41(49)32-17-20-36(48-44(52)57-45(4,5)6)38(23-32)54-26-30-11-9-8-10-12-30;1-9-11-18-46-30-19-23(32(40)37-26-17-14-25(34(42)45-8)21-29(26)44-7)12-15-27(30)38-33(41)24-13-16-28(31(20-24)47-22(3)10-2)39-35(43)48-36(4,5)6/h8-25,28H,26-27H2,1-7H3,(H,46,50)(H,47,49)(H,48,52);12-17,19-22H,9-11,18H2,1-8H3,(H,37,40)(H,38,41)(H,39,43). The van der Waals surface area contributed by atoms with Crippen LogP contribution in [-0.2, 0) is 32.2 Å². The Bertz CT molecular complexity index is 4370.